The van der Waals surface area contributed by atoms with Crippen molar-refractivity contribution in [2.45, 2.75) is 19.8 Å². The molecule has 2 rings (SSSR count). The monoisotopic (exact) mass is 359 g/mol. The summed E-state index contributed by atoms with van der Waals surface area (Å²) in [5.74, 6) is -0.819. The number of aromatic carboxylic acids is 1. The number of carboxylic acid groups (broad SMARTS) is 1. The van der Waals surface area contributed by atoms with Crippen LogP contribution in [0.2, 0.25) is 5.02 Å². The van der Waals surface area contributed by atoms with Crippen molar-refractivity contribution in [3.05, 3.63) is 38.4 Å². The molecular weight excluding hydrogens is 350 g/mol. The number of hydrogen-bond acceptors (Lipinski definition) is 3. The zero-order valence-electron chi connectivity index (χ0n) is 10.3. The molecule has 6 heteroatoms. The van der Waals surface area contributed by atoms with Crippen LogP contribution in [0.25, 0.3) is 10.4 Å². The molecule has 0 atom stereocenters. The number of carbonyl (C=O) groups is 1. The van der Waals surface area contributed by atoms with Gasteiger partial charge in [0, 0.05) is 10.4 Å². The molecule has 1 heterocycles. The second-order valence-corrected chi connectivity index (χ2v) is 6.61. The van der Waals surface area contributed by atoms with Gasteiger partial charge in [-0.15, -0.1) is 11.3 Å². The lowest BCUT2D eigenvalue weighted by Crippen LogP contribution is -1.99. The number of nitrogens with zero attached hydrogens (tertiary/aromatic N) is 1. The van der Waals surface area contributed by atoms with E-state index in [1.807, 2.05) is 19.9 Å². The number of benzene rings is 1. The van der Waals surface area contributed by atoms with Crippen LogP contribution in [0.3, 0.4) is 0 Å². The summed E-state index contributed by atoms with van der Waals surface area (Å²) in [6, 6.07) is 5.38. The summed E-state index contributed by atoms with van der Waals surface area (Å²) in [4.78, 5) is 16.1. The average molecular weight is 361 g/mol. The summed E-state index contributed by atoms with van der Waals surface area (Å²) in [5, 5.41) is 10.6. The Kier molecular flexibility index (Phi) is 4.28. The Morgan fingerprint density at radius 1 is 1.47 bits per heavy atom. The molecule has 0 aliphatic heterocycles. The standard InChI is InChI=1S/C13H11BrClNO2S/c1-6(2)12-16-10(13(17)18)11(19-12)7-3-4-8(14)9(15)5-7/h3-6H,1-2H3,(H,17,18). The second kappa shape index (κ2) is 5.61. The van der Waals surface area contributed by atoms with E-state index in [1.54, 1.807) is 12.1 Å². The molecule has 0 saturated heterocycles. The van der Waals surface area contributed by atoms with Crippen LogP contribution in [0.1, 0.15) is 35.3 Å². The fraction of sp³-hybridized carbons (Fsp3) is 0.231. The fourth-order valence-electron chi connectivity index (χ4n) is 1.56. The zero-order chi connectivity index (χ0) is 14.2. The molecule has 0 fully saturated rings. The van der Waals surface area contributed by atoms with Crippen molar-refractivity contribution in [1.29, 1.82) is 0 Å². The van der Waals surface area contributed by atoms with E-state index in [9.17, 15) is 9.90 Å². The van der Waals surface area contributed by atoms with Gasteiger partial charge < -0.3 is 5.11 Å². The Balaban J connectivity index is 2.59. The molecule has 100 valence electrons. The van der Waals surface area contributed by atoms with Crippen LogP contribution in [-0.2, 0) is 0 Å². The predicted molar refractivity (Wildman–Crippen MR) is 81.3 cm³/mol. The molecule has 1 aromatic heterocycles. The van der Waals surface area contributed by atoms with Gasteiger partial charge in [0.25, 0.3) is 0 Å². The minimum absolute atomic E-state index is 0.0899. The molecule has 2 aromatic rings. The molecule has 0 saturated carbocycles. The van der Waals surface area contributed by atoms with Crippen molar-refractivity contribution in [1.82, 2.24) is 4.98 Å². The normalized spacial score (nSPS) is 11.0. The highest BCUT2D eigenvalue weighted by Crippen LogP contribution is 2.36. The third-order valence-corrected chi connectivity index (χ3v) is 5.16. The topological polar surface area (TPSA) is 50.2 Å². The average Bonchev–Trinajstić information content (AvgIpc) is 2.78. The SMILES string of the molecule is CC(C)c1nc(C(=O)O)c(-c2ccc(Br)c(Cl)c2)s1. The lowest BCUT2D eigenvalue weighted by Gasteiger charge is -2.01. The van der Waals surface area contributed by atoms with E-state index in [1.165, 1.54) is 11.3 Å². The third kappa shape index (κ3) is 2.99. The number of aromatic nitrogens is 1. The summed E-state index contributed by atoms with van der Waals surface area (Å²) in [5.41, 5.74) is 0.863. The maximum atomic E-state index is 11.3. The lowest BCUT2D eigenvalue weighted by molar-refractivity contribution is 0.0692. The van der Waals surface area contributed by atoms with Gasteiger partial charge in [-0.05, 0) is 33.6 Å². The highest BCUT2D eigenvalue weighted by atomic mass is 79.9. The van der Waals surface area contributed by atoms with Gasteiger partial charge in [0.1, 0.15) is 0 Å². The van der Waals surface area contributed by atoms with Crippen molar-refractivity contribution < 1.29 is 9.90 Å². The van der Waals surface area contributed by atoms with Gasteiger partial charge in [0.05, 0.1) is 14.9 Å². The maximum absolute atomic E-state index is 11.3. The van der Waals surface area contributed by atoms with Gasteiger partial charge in [-0.25, -0.2) is 9.78 Å². The van der Waals surface area contributed by atoms with Gasteiger partial charge in [-0.2, -0.15) is 0 Å². The summed E-state index contributed by atoms with van der Waals surface area (Å²) in [6.07, 6.45) is 0. The smallest absolute Gasteiger partial charge is 0.356 e. The molecule has 1 aromatic carbocycles. The van der Waals surface area contributed by atoms with Crippen LogP contribution in [-0.4, -0.2) is 16.1 Å². The first-order valence-electron chi connectivity index (χ1n) is 5.59. The molecule has 3 nitrogen and oxygen atoms in total. The van der Waals surface area contributed by atoms with Crippen LogP contribution in [0.4, 0.5) is 0 Å². The van der Waals surface area contributed by atoms with Crippen molar-refractivity contribution in [3.8, 4) is 10.4 Å². The summed E-state index contributed by atoms with van der Waals surface area (Å²) in [7, 11) is 0. The third-order valence-electron chi connectivity index (χ3n) is 2.52. The number of halogens is 2. The summed E-state index contributed by atoms with van der Waals surface area (Å²) >= 11 is 10.8. The Morgan fingerprint density at radius 2 is 2.16 bits per heavy atom. The summed E-state index contributed by atoms with van der Waals surface area (Å²) in [6.45, 7) is 3.98. The van der Waals surface area contributed by atoms with Crippen molar-refractivity contribution in [2.75, 3.05) is 0 Å². The first kappa shape index (κ1) is 14.5. The number of rotatable bonds is 3. The van der Waals surface area contributed by atoms with Crippen LogP contribution in [0.5, 0.6) is 0 Å². The van der Waals surface area contributed by atoms with E-state index in [0.29, 0.717) is 9.90 Å². The predicted octanol–water partition coefficient (Wildman–Crippen LogP) is 5.05. The quantitative estimate of drug-likeness (QED) is 0.833. The highest BCUT2D eigenvalue weighted by Gasteiger charge is 2.20. The van der Waals surface area contributed by atoms with Gasteiger partial charge in [-0.1, -0.05) is 31.5 Å². The zero-order valence-corrected chi connectivity index (χ0v) is 13.4. The second-order valence-electron chi connectivity index (χ2n) is 4.32. The van der Waals surface area contributed by atoms with E-state index in [0.717, 1.165) is 15.0 Å². The molecule has 1 N–H and O–H groups in total. The van der Waals surface area contributed by atoms with E-state index in [2.05, 4.69) is 20.9 Å². The highest BCUT2D eigenvalue weighted by molar-refractivity contribution is 9.10. The van der Waals surface area contributed by atoms with E-state index in [-0.39, 0.29) is 11.6 Å². The minimum atomic E-state index is -1.02. The maximum Gasteiger partial charge on any atom is 0.356 e. The van der Waals surface area contributed by atoms with Gasteiger partial charge in [-0.3, -0.25) is 0 Å². The molecule has 0 spiro atoms. The molecule has 0 aliphatic carbocycles. The van der Waals surface area contributed by atoms with E-state index >= 15 is 0 Å². The Morgan fingerprint density at radius 3 is 2.68 bits per heavy atom. The first-order chi connectivity index (χ1) is 8.90. The van der Waals surface area contributed by atoms with E-state index < -0.39 is 5.97 Å². The number of thiazole rings is 1. The molecule has 19 heavy (non-hydrogen) atoms. The van der Waals surface area contributed by atoms with E-state index in [4.69, 9.17) is 11.6 Å². The molecule has 0 bridgehead atoms. The largest absolute Gasteiger partial charge is 0.476 e. The Bertz CT molecular complexity index is 640. The van der Waals surface area contributed by atoms with Crippen LogP contribution in [0.15, 0.2) is 22.7 Å². The molecular formula is C13H11BrClNO2S. The van der Waals surface area contributed by atoms with Crippen molar-refractivity contribution in [2.24, 2.45) is 0 Å². The van der Waals surface area contributed by atoms with Crippen LogP contribution < -0.4 is 0 Å². The Hall–Kier alpha value is -0.910. The minimum Gasteiger partial charge on any atom is -0.476 e. The molecule has 0 radical (unpaired) electrons. The van der Waals surface area contributed by atoms with Crippen LogP contribution in [0, 0.1) is 0 Å². The van der Waals surface area contributed by atoms with Gasteiger partial charge in [0.2, 0.25) is 0 Å². The molecule has 0 aliphatic rings. The summed E-state index contributed by atoms with van der Waals surface area (Å²) < 4.78 is 0.781. The lowest BCUT2D eigenvalue weighted by atomic mass is 10.1. The van der Waals surface area contributed by atoms with Crippen molar-refractivity contribution >= 4 is 44.8 Å². The molecule has 0 unspecified atom stereocenters. The fourth-order valence-corrected chi connectivity index (χ4v) is 3.04. The van der Waals surface area contributed by atoms with Gasteiger partial charge in [0.15, 0.2) is 5.69 Å². The van der Waals surface area contributed by atoms with Crippen molar-refractivity contribution in [3.63, 3.8) is 0 Å². The van der Waals surface area contributed by atoms with Gasteiger partial charge >= 0.3 is 5.97 Å². The first-order valence-corrected chi connectivity index (χ1v) is 7.58. The number of hydrogen-bond donors (Lipinski definition) is 1. The van der Waals surface area contributed by atoms with Crippen LogP contribution >= 0.6 is 38.9 Å². The Labute approximate surface area is 128 Å². The molecule has 0 amide bonds. The number of carboxylic acids is 1.